The zero-order valence-electron chi connectivity index (χ0n) is 16.5. The Morgan fingerprint density at radius 2 is 1.85 bits per heavy atom. The molecule has 2 amide bonds. The molecular formula is C21H30N2O4. The van der Waals surface area contributed by atoms with Crippen molar-refractivity contribution in [3.05, 3.63) is 24.3 Å². The van der Waals surface area contributed by atoms with Crippen LogP contribution in [0.3, 0.4) is 0 Å². The molecule has 148 valence electrons. The van der Waals surface area contributed by atoms with Gasteiger partial charge in [-0.05, 0) is 71.4 Å². The summed E-state index contributed by atoms with van der Waals surface area (Å²) in [6.45, 7) is 6.02. The topological polar surface area (TPSA) is 67.9 Å². The highest BCUT2D eigenvalue weighted by Crippen LogP contribution is 2.27. The fourth-order valence-corrected chi connectivity index (χ4v) is 3.65. The van der Waals surface area contributed by atoms with Gasteiger partial charge in [0, 0.05) is 18.3 Å². The second-order valence-corrected chi connectivity index (χ2v) is 8.37. The van der Waals surface area contributed by atoms with Gasteiger partial charge in [0.2, 0.25) is 5.91 Å². The number of benzene rings is 1. The number of anilines is 1. The maximum Gasteiger partial charge on any atom is 0.410 e. The smallest absolute Gasteiger partial charge is 0.410 e. The molecule has 1 aromatic carbocycles. The van der Waals surface area contributed by atoms with Gasteiger partial charge >= 0.3 is 6.09 Å². The van der Waals surface area contributed by atoms with Gasteiger partial charge in [0.1, 0.15) is 17.4 Å². The van der Waals surface area contributed by atoms with E-state index in [1.807, 2.05) is 45.0 Å². The predicted octanol–water partition coefficient (Wildman–Crippen LogP) is 4.35. The number of amides is 2. The van der Waals surface area contributed by atoms with Crippen LogP contribution in [0.15, 0.2) is 24.3 Å². The summed E-state index contributed by atoms with van der Waals surface area (Å²) in [5, 5.41) is 2.93. The van der Waals surface area contributed by atoms with Crippen molar-refractivity contribution in [3.8, 4) is 5.75 Å². The zero-order chi connectivity index (χ0) is 19.4. The van der Waals surface area contributed by atoms with Gasteiger partial charge in [-0.25, -0.2) is 4.79 Å². The molecule has 2 aliphatic rings. The van der Waals surface area contributed by atoms with E-state index in [2.05, 4.69) is 5.32 Å². The van der Waals surface area contributed by atoms with Crippen LogP contribution < -0.4 is 10.1 Å². The van der Waals surface area contributed by atoms with Crippen molar-refractivity contribution in [3.63, 3.8) is 0 Å². The van der Waals surface area contributed by atoms with E-state index in [9.17, 15) is 9.59 Å². The average molecular weight is 374 g/mol. The van der Waals surface area contributed by atoms with Crippen LogP contribution >= 0.6 is 0 Å². The first-order valence-corrected chi connectivity index (χ1v) is 9.89. The first-order chi connectivity index (χ1) is 12.8. The summed E-state index contributed by atoms with van der Waals surface area (Å²) in [4.78, 5) is 26.7. The Bertz CT molecular complexity index is 677. The second kappa shape index (κ2) is 8.19. The van der Waals surface area contributed by atoms with Crippen molar-refractivity contribution in [2.75, 3.05) is 11.9 Å². The van der Waals surface area contributed by atoms with Crippen molar-refractivity contribution in [2.45, 2.75) is 77.0 Å². The Morgan fingerprint density at radius 3 is 2.56 bits per heavy atom. The minimum absolute atomic E-state index is 0.184. The van der Waals surface area contributed by atoms with Crippen molar-refractivity contribution in [2.24, 2.45) is 0 Å². The Kier molecular flexibility index (Phi) is 5.92. The van der Waals surface area contributed by atoms with E-state index in [0.29, 0.717) is 18.7 Å². The molecule has 6 nitrogen and oxygen atoms in total. The monoisotopic (exact) mass is 374 g/mol. The van der Waals surface area contributed by atoms with E-state index >= 15 is 0 Å². The van der Waals surface area contributed by atoms with E-state index < -0.39 is 17.7 Å². The number of hydrogen-bond acceptors (Lipinski definition) is 4. The average Bonchev–Trinajstić information content (AvgIpc) is 3.25. The van der Waals surface area contributed by atoms with Gasteiger partial charge < -0.3 is 14.8 Å². The van der Waals surface area contributed by atoms with Crippen LogP contribution in [0, 0.1) is 0 Å². The highest BCUT2D eigenvalue weighted by Gasteiger charge is 2.36. The van der Waals surface area contributed by atoms with Gasteiger partial charge in [0.25, 0.3) is 0 Å². The van der Waals surface area contributed by atoms with Gasteiger partial charge in [-0.15, -0.1) is 0 Å². The third kappa shape index (κ3) is 5.37. The molecule has 0 spiro atoms. The summed E-state index contributed by atoms with van der Waals surface area (Å²) in [6.07, 6.45) is 5.87. The molecule has 1 aliphatic heterocycles. The Morgan fingerprint density at radius 1 is 1.11 bits per heavy atom. The minimum atomic E-state index is -0.577. The number of ether oxygens (including phenoxy) is 2. The normalized spacial score (nSPS) is 20.6. The number of nitrogens with zero attached hydrogens (tertiary/aromatic N) is 1. The van der Waals surface area contributed by atoms with Gasteiger partial charge in [0.15, 0.2) is 0 Å². The molecule has 2 fully saturated rings. The number of carbonyl (C=O) groups excluding carboxylic acids is 2. The Hall–Kier alpha value is -2.24. The molecule has 1 atom stereocenters. The fourth-order valence-electron chi connectivity index (χ4n) is 3.65. The summed E-state index contributed by atoms with van der Waals surface area (Å²) in [6, 6.07) is 6.98. The van der Waals surface area contributed by atoms with Crippen LogP contribution in [0.2, 0.25) is 0 Å². The van der Waals surface area contributed by atoms with Gasteiger partial charge in [-0.3, -0.25) is 9.69 Å². The first kappa shape index (κ1) is 19.5. The van der Waals surface area contributed by atoms with Gasteiger partial charge in [0.05, 0.1) is 6.10 Å². The highest BCUT2D eigenvalue weighted by atomic mass is 16.6. The molecule has 1 unspecified atom stereocenters. The summed E-state index contributed by atoms with van der Waals surface area (Å²) >= 11 is 0. The molecule has 1 saturated carbocycles. The zero-order valence-corrected chi connectivity index (χ0v) is 16.5. The molecule has 1 heterocycles. The lowest BCUT2D eigenvalue weighted by Crippen LogP contribution is -2.45. The quantitative estimate of drug-likeness (QED) is 0.851. The summed E-state index contributed by atoms with van der Waals surface area (Å²) in [5.74, 6) is 0.589. The van der Waals surface area contributed by atoms with Gasteiger partial charge in [-0.2, -0.15) is 0 Å². The van der Waals surface area contributed by atoms with Gasteiger partial charge in [-0.1, -0.05) is 6.07 Å². The molecular weight excluding hydrogens is 344 g/mol. The van der Waals surface area contributed by atoms with Crippen LogP contribution in [-0.2, 0) is 9.53 Å². The molecule has 1 aliphatic carbocycles. The Balaban J connectivity index is 1.61. The molecule has 0 aromatic heterocycles. The summed E-state index contributed by atoms with van der Waals surface area (Å²) in [7, 11) is 0. The molecule has 0 radical (unpaired) electrons. The van der Waals surface area contributed by atoms with Crippen LogP contribution in [0.5, 0.6) is 5.75 Å². The van der Waals surface area contributed by atoms with Crippen molar-refractivity contribution >= 4 is 17.7 Å². The molecule has 1 aromatic rings. The lowest BCUT2D eigenvalue weighted by atomic mass is 10.2. The van der Waals surface area contributed by atoms with E-state index in [1.54, 1.807) is 0 Å². The summed E-state index contributed by atoms with van der Waals surface area (Å²) in [5.41, 5.74) is 0.110. The lowest BCUT2D eigenvalue weighted by molar-refractivity contribution is -0.120. The molecule has 1 N–H and O–H groups in total. The Labute approximate surface area is 161 Å². The minimum Gasteiger partial charge on any atom is -0.490 e. The maximum atomic E-state index is 12.7. The number of rotatable bonds is 4. The molecule has 0 bridgehead atoms. The number of likely N-dealkylation sites (tertiary alicyclic amines) is 1. The standard InChI is InChI=1S/C21H30N2O4/c1-21(2,3)27-20(25)23-13-7-12-18(23)19(24)22-15-8-6-11-17(14-15)26-16-9-4-5-10-16/h6,8,11,14,16,18H,4-5,7,9-10,12-13H2,1-3H3,(H,22,24). The van der Waals surface area contributed by atoms with Crippen molar-refractivity contribution in [1.29, 1.82) is 0 Å². The molecule has 27 heavy (non-hydrogen) atoms. The van der Waals surface area contributed by atoms with Crippen LogP contribution in [0.25, 0.3) is 0 Å². The number of nitrogens with one attached hydrogen (secondary N) is 1. The second-order valence-electron chi connectivity index (χ2n) is 8.37. The third-order valence-electron chi connectivity index (χ3n) is 4.89. The highest BCUT2D eigenvalue weighted by molar-refractivity contribution is 5.97. The third-order valence-corrected chi connectivity index (χ3v) is 4.89. The number of hydrogen-bond donors (Lipinski definition) is 1. The van der Waals surface area contributed by atoms with E-state index in [0.717, 1.165) is 25.0 Å². The van der Waals surface area contributed by atoms with E-state index in [1.165, 1.54) is 17.7 Å². The molecule has 3 rings (SSSR count). The van der Waals surface area contributed by atoms with Crippen molar-refractivity contribution < 1.29 is 19.1 Å². The lowest BCUT2D eigenvalue weighted by Gasteiger charge is -2.28. The van der Waals surface area contributed by atoms with Crippen LogP contribution in [0.1, 0.15) is 59.3 Å². The first-order valence-electron chi connectivity index (χ1n) is 9.89. The van der Waals surface area contributed by atoms with Crippen LogP contribution in [-0.4, -0.2) is 41.2 Å². The molecule has 1 saturated heterocycles. The SMILES string of the molecule is CC(C)(C)OC(=O)N1CCCC1C(=O)Nc1cccc(OC2CCCC2)c1. The molecule has 6 heteroatoms. The van der Waals surface area contributed by atoms with Crippen LogP contribution in [0.4, 0.5) is 10.5 Å². The van der Waals surface area contributed by atoms with Crippen molar-refractivity contribution in [1.82, 2.24) is 4.90 Å². The number of carbonyl (C=O) groups is 2. The summed E-state index contributed by atoms with van der Waals surface area (Å²) < 4.78 is 11.4. The van der Waals surface area contributed by atoms with E-state index in [-0.39, 0.29) is 12.0 Å². The maximum absolute atomic E-state index is 12.7. The largest absolute Gasteiger partial charge is 0.490 e. The fraction of sp³-hybridized carbons (Fsp3) is 0.619. The van der Waals surface area contributed by atoms with E-state index in [4.69, 9.17) is 9.47 Å². The predicted molar refractivity (Wildman–Crippen MR) is 104 cm³/mol.